The van der Waals surface area contributed by atoms with Crippen LogP contribution in [0.2, 0.25) is 0 Å². The van der Waals surface area contributed by atoms with Crippen LogP contribution in [0, 0.1) is 5.95 Å². The molecule has 4 nitrogen and oxygen atoms in total. The molecule has 2 heterocycles. The van der Waals surface area contributed by atoms with Gasteiger partial charge in [0.1, 0.15) is 16.8 Å². The van der Waals surface area contributed by atoms with Crippen molar-refractivity contribution in [1.29, 1.82) is 0 Å². The Bertz CT molecular complexity index is 839. The smallest absolute Gasteiger partial charge is 0.268 e. The number of hydrogen-bond acceptors (Lipinski definition) is 3. The van der Waals surface area contributed by atoms with Gasteiger partial charge in [0.25, 0.3) is 5.56 Å². The molecule has 0 N–H and O–H groups in total. The fraction of sp³-hybridized carbons (Fsp3) is 0.158. The molecule has 3 rings (SSSR count). The van der Waals surface area contributed by atoms with Crippen LogP contribution >= 0.6 is 15.9 Å². The zero-order chi connectivity index (χ0) is 18.1. The number of aromatic nitrogens is 2. The normalized spacial score (nSPS) is 9.88. The molecule has 3 aromatic rings. The highest BCUT2D eigenvalue weighted by Crippen LogP contribution is 2.21. The molecule has 6 heteroatoms. The molecule has 0 saturated carbocycles. The second-order valence-electron chi connectivity index (χ2n) is 5.01. The first-order valence-electron chi connectivity index (χ1n) is 7.74. The molecule has 0 radical (unpaired) electrons. The molecule has 2 aromatic heterocycles. The van der Waals surface area contributed by atoms with E-state index in [1.54, 1.807) is 29.0 Å². The number of hydrogen-bond donors (Lipinski definition) is 0. The van der Waals surface area contributed by atoms with Crippen molar-refractivity contribution in [1.82, 2.24) is 9.55 Å². The fourth-order valence-electron chi connectivity index (χ4n) is 1.97. The van der Waals surface area contributed by atoms with Gasteiger partial charge in [-0.25, -0.2) is 4.98 Å². The number of rotatable bonds is 4. The Kier molecular flexibility index (Phi) is 7.35. The summed E-state index contributed by atoms with van der Waals surface area (Å²) in [6.07, 6.45) is 3.16. The van der Waals surface area contributed by atoms with Gasteiger partial charge in [0.2, 0.25) is 5.95 Å². The van der Waals surface area contributed by atoms with E-state index in [-0.39, 0.29) is 5.56 Å². The first-order valence-corrected chi connectivity index (χ1v) is 8.53. The SMILES string of the molecule is CCn1ccc(OCc2ccccc2)c(Br)c1=O.Fc1ccccn1. The minimum Gasteiger partial charge on any atom is -0.487 e. The summed E-state index contributed by atoms with van der Waals surface area (Å²) in [5.41, 5.74) is 1.01. The van der Waals surface area contributed by atoms with Crippen LogP contribution in [0.15, 0.2) is 76.3 Å². The molecule has 0 aliphatic carbocycles. The predicted octanol–water partition coefficient (Wildman–Crippen LogP) is 4.43. The average Bonchev–Trinajstić information content (AvgIpc) is 2.65. The quantitative estimate of drug-likeness (QED) is 0.604. The van der Waals surface area contributed by atoms with E-state index in [2.05, 4.69) is 20.9 Å². The average molecular weight is 405 g/mol. The Morgan fingerprint density at radius 1 is 1.12 bits per heavy atom. The molecule has 25 heavy (non-hydrogen) atoms. The zero-order valence-electron chi connectivity index (χ0n) is 13.7. The molecule has 0 amide bonds. The molecule has 0 unspecified atom stereocenters. The summed E-state index contributed by atoms with van der Waals surface area (Å²) in [7, 11) is 0. The van der Waals surface area contributed by atoms with Crippen molar-refractivity contribution in [3.8, 4) is 5.75 Å². The third-order valence-electron chi connectivity index (χ3n) is 3.28. The molecule has 0 atom stereocenters. The van der Waals surface area contributed by atoms with Crippen LogP contribution in [-0.4, -0.2) is 9.55 Å². The molecular weight excluding hydrogens is 387 g/mol. The molecule has 0 fully saturated rings. The second kappa shape index (κ2) is 9.74. The lowest BCUT2D eigenvalue weighted by atomic mass is 10.2. The van der Waals surface area contributed by atoms with E-state index in [1.165, 1.54) is 12.3 Å². The number of pyridine rings is 2. The van der Waals surface area contributed by atoms with Gasteiger partial charge in [0, 0.05) is 18.9 Å². The topological polar surface area (TPSA) is 44.1 Å². The van der Waals surface area contributed by atoms with Crippen LogP contribution in [0.1, 0.15) is 12.5 Å². The van der Waals surface area contributed by atoms with Crippen molar-refractivity contribution < 1.29 is 9.13 Å². The van der Waals surface area contributed by atoms with Crippen LogP contribution < -0.4 is 10.3 Å². The molecule has 1 aromatic carbocycles. The minimum atomic E-state index is -0.428. The van der Waals surface area contributed by atoms with Gasteiger partial charge in [-0.05, 0) is 46.6 Å². The number of aryl methyl sites for hydroxylation is 1. The summed E-state index contributed by atoms with van der Waals surface area (Å²) in [5, 5.41) is 0. The van der Waals surface area contributed by atoms with Crippen LogP contribution in [0.4, 0.5) is 4.39 Å². The van der Waals surface area contributed by atoms with Gasteiger partial charge in [-0.1, -0.05) is 36.4 Å². The van der Waals surface area contributed by atoms with Crippen LogP contribution in [0.3, 0.4) is 0 Å². The van der Waals surface area contributed by atoms with Gasteiger partial charge in [-0.3, -0.25) is 4.79 Å². The third kappa shape index (κ3) is 5.83. The van der Waals surface area contributed by atoms with Crippen LogP contribution in [0.25, 0.3) is 0 Å². The van der Waals surface area contributed by atoms with E-state index in [9.17, 15) is 9.18 Å². The summed E-state index contributed by atoms with van der Waals surface area (Å²) >= 11 is 3.29. The molecule has 130 valence electrons. The fourth-order valence-corrected chi connectivity index (χ4v) is 2.44. The van der Waals surface area contributed by atoms with Gasteiger partial charge >= 0.3 is 0 Å². The number of benzene rings is 1. The van der Waals surface area contributed by atoms with Crippen molar-refractivity contribution in [2.75, 3.05) is 0 Å². The Balaban J connectivity index is 0.000000269. The maximum Gasteiger partial charge on any atom is 0.268 e. The summed E-state index contributed by atoms with van der Waals surface area (Å²) in [6.45, 7) is 3.03. The second-order valence-corrected chi connectivity index (χ2v) is 5.80. The van der Waals surface area contributed by atoms with E-state index in [0.29, 0.717) is 23.4 Å². The van der Waals surface area contributed by atoms with Crippen molar-refractivity contribution >= 4 is 15.9 Å². The highest BCUT2D eigenvalue weighted by Gasteiger charge is 2.07. The lowest BCUT2D eigenvalue weighted by Gasteiger charge is -2.09. The maximum absolute atomic E-state index is 11.9. The predicted molar refractivity (Wildman–Crippen MR) is 99.0 cm³/mol. The van der Waals surface area contributed by atoms with Gasteiger partial charge in [0.15, 0.2) is 0 Å². The molecule has 0 aliphatic heterocycles. The van der Waals surface area contributed by atoms with E-state index in [4.69, 9.17) is 4.74 Å². The van der Waals surface area contributed by atoms with E-state index < -0.39 is 5.95 Å². The highest BCUT2D eigenvalue weighted by atomic mass is 79.9. The van der Waals surface area contributed by atoms with Crippen molar-refractivity contribution in [3.05, 3.63) is 93.3 Å². The van der Waals surface area contributed by atoms with Crippen molar-refractivity contribution in [2.24, 2.45) is 0 Å². The zero-order valence-corrected chi connectivity index (χ0v) is 15.3. The summed E-state index contributed by atoms with van der Waals surface area (Å²) in [5.74, 6) is 0.149. The maximum atomic E-state index is 11.9. The minimum absolute atomic E-state index is 0.0666. The Morgan fingerprint density at radius 3 is 2.40 bits per heavy atom. The largest absolute Gasteiger partial charge is 0.487 e. The van der Waals surface area contributed by atoms with Crippen LogP contribution in [0.5, 0.6) is 5.75 Å². The molecule has 0 saturated heterocycles. The standard InChI is InChI=1S/C14H14BrNO2.C5H4FN/c1-2-16-9-8-12(13(15)14(16)17)18-10-11-6-4-3-5-7-11;6-5-3-1-2-4-7-5/h3-9H,2,10H2,1H3;1-4H. The van der Waals surface area contributed by atoms with Crippen LogP contribution in [-0.2, 0) is 13.2 Å². The molecular formula is C19H18BrFN2O2. The highest BCUT2D eigenvalue weighted by molar-refractivity contribution is 9.10. The number of halogens is 2. The first kappa shape index (κ1) is 18.9. The molecule has 0 bridgehead atoms. The monoisotopic (exact) mass is 404 g/mol. The number of ether oxygens (including phenoxy) is 1. The Labute approximate surface area is 154 Å². The summed E-state index contributed by atoms with van der Waals surface area (Å²) in [6, 6.07) is 16.2. The first-order chi connectivity index (χ1) is 12.1. The number of nitrogens with zero attached hydrogens (tertiary/aromatic N) is 2. The van der Waals surface area contributed by atoms with E-state index >= 15 is 0 Å². The Morgan fingerprint density at radius 2 is 1.84 bits per heavy atom. The Hall–Kier alpha value is -2.47. The molecule has 0 spiro atoms. The molecule has 0 aliphatic rings. The summed E-state index contributed by atoms with van der Waals surface area (Å²) in [4.78, 5) is 15.2. The van der Waals surface area contributed by atoms with E-state index in [1.807, 2.05) is 37.3 Å². The van der Waals surface area contributed by atoms with Gasteiger partial charge in [0.05, 0.1) is 0 Å². The van der Waals surface area contributed by atoms with Gasteiger partial charge in [-0.2, -0.15) is 4.39 Å². The van der Waals surface area contributed by atoms with Gasteiger partial charge < -0.3 is 9.30 Å². The van der Waals surface area contributed by atoms with E-state index in [0.717, 1.165) is 5.56 Å². The summed E-state index contributed by atoms with van der Waals surface area (Å²) < 4.78 is 19.5. The third-order valence-corrected chi connectivity index (χ3v) is 4.01. The van der Waals surface area contributed by atoms with Gasteiger partial charge in [-0.15, -0.1) is 0 Å². The lowest BCUT2D eigenvalue weighted by Crippen LogP contribution is -2.19. The van der Waals surface area contributed by atoms with Crippen molar-refractivity contribution in [3.63, 3.8) is 0 Å². The van der Waals surface area contributed by atoms with Crippen molar-refractivity contribution in [2.45, 2.75) is 20.1 Å². The lowest BCUT2D eigenvalue weighted by molar-refractivity contribution is 0.302.